The highest BCUT2D eigenvalue weighted by atomic mass is 16.3. The molecule has 1 saturated carbocycles. The summed E-state index contributed by atoms with van der Waals surface area (Å²) < 4.78 is 0. The third kappa shape index (κ3) is 1.58. The molecule has 0 aliphatic heterocycles. The molecular weight excluding hydrogens is 152 g/mol. The number of hydrogen-bond donors (Lipinski definition) is 1. The minimum atomic E-state index is -0.406. The summed E-state index contributed by atoms with van der Waals surface area (Å²) in [4.78, 5) is 11.1. The van der Waals surface area contributed by atoms with Crippen LogP contribution in [-0.2, 0) is 4.79 Å². The van der Waals surface area contributed by atoms with Gasteiger partial charge in [0.25, 0.3) is 0 Å². The van der Waals surface area contributed by atoms with E-state index in [2.05, 4.69) is 0 Å². The van der Waals surface area contributed by atoms with Crippen molar-refractivity contribution in [2.45, 2.75) is 33.3 Å². The van der Waals surface area contributed by atoms with Crippen LogP contribution in [0, 0.1) is 11.3 Å². The van der Waals surface area contributed by atoms with Gasteiger partial charge < -0.3 is 5.11 Å². The van der Waals surface area contributed by atoms with Gasteiger partial charge in [-0.15, -0.1) is 0 Å². The van der Waals surface area contributed by atoms with Crippen molar-refractivity contribution in [2.24, 2.45) is 11.3 Å². The molecule has 0 bridgehead atoms. The first kappa shape index (κ1) is 9.46. The Morgan fingerprint density at radius 3 is 2.58 bits per heavy atom. The summed E-state index contributed by atoms with van der Waals surface area (Å²) >= 11 is 0. The Kier molecular flexibility index (Phi) is 2.38. The van der Waals surface area contributed by atoms with Crippen molar-refractivity contribution in [1.29, 1.82) is 0 Å². The highest BCUT2D eigenvalue weighted by Crippen LogP contribution is 2.43. The van der Waals surface area contributed by atoms with Crippen molar-refractivity contribution in [3.8, 4) is 0 Å². The predicted octanol–water partition coefficient (Wildman–Crippen LogP) is 1.54. The zero-order valence-corrected chi connectivity index (χ0v) is 7.87. The molecular formula is C10H16O2. The van der Waals surface area contributed by atoms with Crippen LogP contribution in [0.15, 0.2) is 12.2 Å². The quantitative estimate of drug-likeness (QED) is 0.635. The Bertz CT molecular complexity index is 214. The second-order valence-corrected chi connectivity index (χ2v) is 4.08. The third-order valence-corrected chi connectivity index (χ3v) is 2.67. The molecule has 1 aliphatic carbocycles. The van der Waals surface area contributed by atoms with Crippen molar-refractivity contribution in [3.63, 3.8) is 0 Å². The molecule has 0 saturated heterocycles. The van der Waals surface area contributed by atoms with E-state index in [1.165, 1.54) is 0 Å². The van der Waals surface area contributed by atoms with Gasteiger partial charge in [0.05, 0.1) is 6.10 Å². The van der Waals surface area contributed by atoms with Crippen LogP contribution in [0.5, 0.6) is 0 Å². The van der Waals surface area contributed by atoms with E-state index in [-0.39, 0.29) is 5.41 Å². The molecule has 0 aromatic carbocycles. The van der Waals surface area contributed by atoms with E-state index < -0.39 is 6.10 Å². The van der Waals surface area contributed by atoms with Gasteiger partial charge in [-0.1, -0.05) is 26.0 Å². The molecule has 0 aromatic rings. The Morgan fingerprint density at radius 2 is 2.25 bits per heavy atom. The average molecular weight is 168 g/mol. The van der Waals surface area contributed by atoms with E-state index >= 15 is 0 Å². The number of hydrogen-bond acceptors (Lipinski definition) is 2. The highest BCUT2D eigenvalue weighted by Gasteiger charge is 2.45. The van der Waals surface area contributed by atoms with Crippen molar-refractivity contribution < 1.29 is 9.90 Å². The van der Waals surface area contributed by atoms with Crippen LogP contribution in [0.3, 0.4) is 0 Å². The third-order valence-electron chi connectivity index (χ3n) is 2.67. The van der Waals surface area contributed by atoms with Gasteiger partial charge in [-0.25, -0.2) is 0 Å². The van der Waals surface area contributed by atoms with Crippen LogP contribution >= 0.6 is 0 Å². The fourth-order valence-corrected chi connectivity index (χ4v) is 1.40. The van der Waals surface area contributed by atoms with E-state index in [4.69, 9.17) is 5.11 Å². The molecule has 0 heterocycles. The Morgan fingerprint density at radius 1 is 1.67 bits per heavy atom. The molecule has 1 N–H and O–H groups in total. The molecule has 1 fully saturated rings. The normalized spacial score (nSPS) is 30.3. The van der Waals surface area contributed by atoms with Crippen molar-refractivity contribution in [3.05, 3.63) is 12.2 Å². The van der Waals surface area contributed by atoms with Gasteiger partial charge in [0.15, 0.2) is 0 Å². The van der Waals surface area contributed by atoms with Crippen LogP contribution < -0.4 is 0 Å². The van der Waals surface area contributed by atoms with Gasteiger partial charge in [0.1, 0.15) is 5.78 Å². The van der Waals surface area contributed by atoms with Gasteiger partial charge in [-0.05, 0) is 12.8 Å². The first-order valence-electron chi connectivity index (χ1n) is 4.34. The van der Waals surface area contributed by atoms with E-state index in [0.29, 0.717) is 18.1 Å². The minimum Gasteiger partial charge on any atom is -0.389 e. The Balaban J connectivity index is 2.53. The molecule has 2 atom stereocenters. The van der Waals surface area contributed by atoms with Crippen LogP contribution in [0.4, 0.5) is 0 Å². The zero-order valence-electron chi connectivity index (χ0n) is 7.87. The standard InChI is InChI=1S/C10H16O2/c1-7(11)4-5-8-6-9(12)10(8,2)3/h4-5,7-8,11H,6H2,1-3H3/t7-,8-/m1/s1. The molecule has 68 valence electrons. The Hall–Kier alpha value is -0.630. The topological polar surface area (TPSA) is 37.3 Å². The van der Waals surface area contributed by atoms with Gasteiger partial charge in [0.2, 0.25) is 0 Å². The lowest BCUT2D eigenvalue weighted by Gasteiger charge is -2.40. The maximum absolute atomic E-state index is 11.1. The SMILES string of the molecule is C[C@@H](O)C=C[C@@H]1CC(=O)C1(C)C. The molecule has 0 aromatic heterocycles. The number of rotatable bonds is 2. The van der Waals surface area contributed by atoms with Crippen molar-refractivity contribution in [2.75, 3.05) is 0 Å². The number of carbonyl (C=O) groups excluding carboxylic acids is 1. The molecule has 0 spiro atoms. The second kappa shape index (κ2) is 3.02. The smallest absolute Gasteiger partial charge is 0.139 e. The summed E-state index contributed by atoms with van der Waals surface area (Å²) in [6.45, 7) is 5.62. The van der Waals surface area contributed by atoms with Crippen LogP contribution in [-0.4, -0.2) is 17.0 Å². The molecule has 2 nitrogen and oxygen atoms in total. The van der Waals surface area contributed by atoms with Gasteiger partial charge in [0, 0.05) is 11.8 Å². The lowest BCUT2D eigenvalue weighted by atomic mass is 9.61. The van der Waals surface area contributed by atoms with Crippen LogP contribution in [0.2, 0.25) is 0 Å². The Labute approximate surface area is 73.3 Å². The number of Topliss-reactive ketones (excluding diaryl/α,β-unsaturated/α-hetero) is 1. The van der Waals surface area contributed by atoms with Gasteiger partial charge in [-0.2, -0.15) is 0 Å². The summed E-state index contributed by atoms with van der Waals surface area (Å²) in [7, 11) is 0. The van der Waals surface area contributed by atoms with E-state index in [0.717, 1.165) is 0 Å². The maximum Gasteiger partial charge on any atom is 0.139 e. The van der Waals surface area contributed by atoms with Crippen molar-refractivity contribution in [1.82, 2.24) is 0 Å². The number of carbonyl (C=O) groups is 1. The molecule has 2 heteroatoms. The predicted molar refractivity (Wildman–Crippen MR) is 47.7 cm³/mol. The fraction of sp³-hybridized carbons (Fsp3) is 0.700. The van der Waals surface area contributed by atoms with Crippen LogP contribution in [0.25, 0.3) is 0 Å². The van der Waals surface area contributed by atoms with Gasteiger partial charge >= 0.3 is 0 Å². The van der Waals surface area contributed by atoms with E-state index in [9.17, 15) is 4.79 Å². The highest BCUT2D eigenvalue weighted by molar-refractivity contribution is 5.91. The van der Waals surface area contributed by atoms with E-state index in [1.54, 1.807) is 13.0 Å². The maximum atomic E-state index is 11.1. The lowest BCUT2D eigenvalue weighted by molar-refractivity contribution is -0.139. The summed E-state index contributed by atoms with van der Waals surface area (Å²) in [5.74, 6) is 0.641. The monoisotopic (exact) mass is 168 g/mol. The first-order chi connectivity index (χ1) is 5.44. The van der Waals surface area contributed by atoms with Crippen molar-refractivity contribution >= 4 is 5.78 Å². The molecule has 12 heavy (non-hydrogen) atoms. The summed E-state index contributed by atoms with van der Waals surface area (Å²) in [6, 6.07) is 0. The number of aliphatic hydroxyl groups excluding tert-OH is 1. The number of allylic oxidation sites excluding steroid dienone is 1. The zero-order chi connectivity index (χ0) is 9.35. The second-order valence-electron chi connectivity index (χ2n) is 4.08. The number of ketones is 1. The first-order valence-corrected chi connectivity index (χ1v) is 4.34. The molecule has 0 radical (unpaired) electrons. The minimum absolute atomic E-state index is 0.203. The molecule has 0 unspecified atom stereocenters. The van der Waals surface area contributed by atoms with Gasteiger partial charge in [-0.3, -0.25) is 4.79 Å². The lowest BCUT2D eigenvalue weighted by Crippen LogP contribution is -2.44. The summed E-state index contributed by atoms with van der Waals surface area (Å²) in [5, 5.41) is 8.99. The molecule has 0 amide bonds. The van der Waals surface area contributed by atoms with Crippen LogP contribution in [0.1, 0.15) is 27.2 Å². The summed E-state index contributed by atoms with van der Waals surface area (Å²) in [5.41, 5.74) is -0.203. The largest absolute Gasteiger partial charge is 0.389 e. The molecule has 1 aliphatic rings. The van der Waals surface area contributed by atoms with E-state index in [1.807, 2.05) is 19.9 Å². The molecule has 1 rings (SSSR count). The fourth-order valence-electron chi connectivity index (χ4n) is 1.40. The summed E-state index contributed by atoms with van der Waals surface area (Å²) in [6.07, 6.45) is 3.93. The number of aliphatic hydroxyl groups is 1. The average Bonchev–Trinajstić information content (AvgIpc) is 1.97.